The predicted octanol–water partition coefficient (Wildman–Crippen LogP) is 14.6. The van der Waals surface area contributed by atoms with Crippen molar-refractivity contribution in [2.24, 2.45) is 0 Å². The maximum absolute atomic E-state index is 6.51. The lowest BCUT2D eigenvalue weighted by molar-refractivity contribution is 0.672. The Morgan fingerprint density at radius 3 is 1.60 bits per heavy atom. The van der Waals surface area contributed by atoms with Gasteiger partial charge in [0.25, 0.3) is 0 Å². The van der Waals surface area contributed by atoms with E-state index in [4.69, 9.17) is 4.42 Å². The first-order valence-corrected chi connectivity index (χ1v) is 18.8. The molecular formula is C52H34N2O. The van der Waals surface area contributed by atoms with E-state index < -0.39 is 0 Å². The molecule has 0 aliphatic carbocycles. The van der Waals surface area contributed by atoms with Crippen LogP contribution in [0, 0.1) is 0 Å². The molecule has 11 aromatic rings. The molecule has 0 atom stereocenters. The SMILES string of the molecule is c1ccc(-c2ccc(N(c3ccc(-c4ccc5c(c4)c4ccccc4n5-c4ccccc4)cc3)c3cc4c5ccccc5oc4c4ccccc34)cc2)cc1. The largest absolute Gasteiger partial charge is 0.455 e. The number of benzene rings is 9. The minimum Gasteiger partial charge on any atom is -0.455 e. The van der Waals surface area contributed by atoms with E-state index in [2.05, 4.69) is 210 Å². The van der Waals surface area contributed by atoms with Crippen molar-refractivity contribution in [2.75, 3.05) is 4.90 Å². The average Bonchev–Trinajstić information content (AvgIpc) is 3.81. The van der Waals surface area contributed by atoms with Crippen molar-refractivity contribution in [3.05, 3.63) is 206 Å². The van der Waals surface area contributed by atoms with Crippen molar-refractivity contribution in [2.45, 2.75) is 0 Å². The van der Waals surface area contributed by atoms with Gasteiger partial charge in [-0.3, -0.25) is 0 Å². The number of hydrogen-bond donors (Lipinski definition) is 0. The summed E-state index contributed by atoms with van der Waals surface area (Å²) in [5.41, 5.74) is 13.4. The van der Waals surface area contributed by atoms with Crippen molar-refractivity contribution in [1.82, 2.24) is 4.57 Å². The van der Waals surface area contributed by atoms with Crippen LogP contribution in [0.5, 0.6) is 0 Å². The number of para-hydroxylation sites is 3. The molecule has 0 aliphatic heterocycles. The van der Waals surface area contributed by atoms with Gasteiger partial charge in [-0.2, -0.15) is 0 Å². The second-order valence-corrected chi connectivity index (χ2v) is 14.1. The molecule has 3 nitrogen and oxygen atoms in total. The average molecular weight is 703 g/mol. The molecule has 55 heavy (non-hydrogen) atoms. The zero-order valence-electron chi connectivity index (χ0n) is 29.9. The van der Waals surface area contributed by atoms with E-state index in [0.29, 0.717) is 0 Å². The zero-order chi connectivity index (χ0) is 36.3. The predicted molar refractivity (Wildman–Crippen MR) is 231 cm³/mol. The lowest BCUT2D eigenvalue weighted by Gasteiger charge is -2.27. The highest BCUT2D eigenvalue weighted by molar-refractivity contribution is 6.19. The molecule has 11 rings (SSSR count). The summed E-state index contributed by atoms with van der Waals surface area (Å²) in [4.78, 5) is 2.39. The fourth-order valence-electron chi connectivity index (χ4n) is 8.38. The Morgan fingerprint density at radius 1 is 0.345 bits per heavy atom. The molecule has 9 aromatic carbocycles. The van der Waals surface area contributed by atoms with E-state index in [9.17, 15) is 0 Å². The van der Waals surface area contributed by atoms with Gasteiger partial charge in [0.2, 0.25) is 0 Å². The third-order valence-corrected chi connectivity index (χ3v) is 11.0. The number of furan rings is 1. The first kappa shape index (κ1) is 31.2. The van der Waals surface area contributed by atoms with Crippen LogP contribution in [-0.4, -0.2) is 4.57 Å². The molecule has 0 bridgehead atoms. The van der Waals surface area contributed by atoms with Crippen molar-refractivity contribution in [3.63, 3.8) is 0 Å². The van der Waals surface area contributed by atoms with Gasteiger partial charge in [0.1, 0.15) is 11.2 Å². The van der Waals surface area contributed by atoms with Gasteiger partial charge in [0.05, 0.1) is 16.7 Å². The number of rotatable bonds is 6. The Kier molecular flexibility index (Phi) is 7.17. The number of hydrogen-bond acceptors (Lipinski definition) is 2. The highest BCUT2D eigenvalue weighted by Crippen LogP contribution is 2.45. The number of aromatic nitrogens is 1. The van der Waals surface area contributed by atoms with Gasteiger partial charge >= 0.3 is 0 Å². The molecular weight excluding hydrogens is 669 g/mol. The highest BCUT2D eigenvalue weighted by atomic mass is 16.3. The summed E-state index contributed by atoms with van der Waals surface area (Å²) in [5.74, 6) is 0. The van der Waals surface area contributed by atoms with E-state index in [1.165, 1.54) is 44.1 Å². The van der Waals surface area contributed by atoms with Crippen LogP contribution in [0.1, 0.15) is 0 Å². The van der Waals surface area contributed by atoms with Gasteiger partial charge in [0.15, 0.2) is 0 Å². The normalized spacial score (nSPS) is 11.6. The molecule has 2 heterocycles. The molecule has 0 fully saturated rings. The van der Waals surface area contributed by atoms with Gasteiger partial charge in [-0.15, -0.1) is 0 Å². The van der Waals surface area contributed by atoms with Crippen LogP contribution in [0.3, 0.4) is 0 Å². The fourth-order valence-corrected chi connectivity index (χ4v) is 8.38. The lowest BCUT2D eigenvalue weighted by Crippen LogP contribution is -2.10. The van der Waals surface area contributed by atoms with E-state index in [0.717, 1.165) is 55.5 Å². The standard InChI is InChI=1S/C52H34N2O/c1-3-13-35(14-4-1)36-23-28-40(29-24-36)53(50-34-47-44-19-10-12-22-51(44)55-52(47)45-20-8-7-17-42(45)50)41-30-25-37(26-31-41)38-27-32-49-46(33-38)43-18-9-11-21-48(43)54(49)39-15-5-2-6-16-39/h1-34H. The molecule has 0 N–H and O–H groups in total. The molecule has 0 spiro atoms. The number of anilines is 3. The van der Waals surface area contributed by atoms with Crippen molar-refractivity contribution < 1.29 is 4.42 Å². The van der Waals surface area contributed by atoms with Gasteiger partial charge < -0.3 is 13.9 Å². The third-order valence-electron chi connectivity index (χ3n) is 11.0. The molecule has 3 heteroatoms. The van der Waals surface area contributed by atoms with Gasteiger partial charge in [-0.25, -0.2) is 0 Å². The summed E-state index contributed by atoms with van der Waals surface area (Å²) in [7, 11) is 0. The van der Waals surface area contributed by atoms with Crippen molar-refractivity contribution in [3.8, 4) is 27.9 Å². The second kappa shape index (κ2) is 12.6. The van der Waals surface area contributed by atoms with E-state index in [-0.39, 0.29) is 0 Å². The first-order chi connectivity index (χ1) is 27.3. The van der Waals surface area contributed by atoms with Crippen LogP contribution in [0.4, 0.5) is 17.1 Å². The summed E-state index contributed by atoms with van der Waals surface area (Å²) < 4.78 is 8.87. The molecule has 0 aliphatic rings. The minimum atomic E-state index is 0.895. The van der Waals surface area contributed by atoms with Crippen LogP contribution in [-0.2, 0) is 0 Å². The fraction of sp³-hybridized carbons (Fsp3) is 0. The monoisotopic (exact) mass is 702 g/mol. The van der Waals surface area contributed by atoms with E-state index in [1.54, 1.807) is 0 Å². The zero-order valence-corrected chi connectivity index (χ0v) is 29.9. The molecule has 2 aromatic heterocycles. The number of fused-ring (bicyclic) bond motifs is 8. The van der Waals surface area contributed by atoms with Crippen LogP contribution in [0.25, 0.3) is 82.5 Å². The Balaban J connectivity index is 1.07. The molecule has 258 valence electrons. The van der Waals surface area contributed by atoms with Gasteiger partial charge in [-0.1, -0.05) is 140 Å². The smallest absolute Gasteiger partial charge is 0.143 e. The topological polar surface area (TPSA) is 21.3 Å². The van der Waals surface area contributed by atoms with Crippen LogP contribution in [0.15, 0.2) is 211 Å². The Bertz CT molecular complexity index is 3180. The Labute approximate surface area is 318 Å². The van der Waals surface area contributed by atoms with Crippen LogP contribution in [0.2, 0.25) is 0 Å². The van der Waals surface area contributed by atoms with Crippen molar-refractivity contribution in [1.29, 1.82) is 0 Å². The van der Waals surface area contributed by atoms with Crippen LogP contribution < -0.4 is 4.90 Å². The Hall–Kier alpha value is -7.36. The van der Waals surface area contributed by atoms with Gasteiger partial charge in [-0.05, 0) is 89.0 Å². The molecule has 0 saturated carbocycles. The first-order valence-electron chi connectivity index (χ1n) is 18.8. The molecule has 0 saturated heterocycles. The summed E-state index contributed by atoms with van der Waals surface area (Å²) in [6, 6.07) is 73.9. The third kappa shape index (κ3) is 5.13. The Morgan fingerprint density at radius 2 is 0.873 bits per heavy atom. The summed E-state index contributed by atoms with van der Waals surface area (Å²) in [6.07, 6.45) is 0. The highest BCUT2D eigenvalue weighted by Gasteiger charge is 2.21. The van der Waals surface area contributed by atoms with Crippen LogP contribution >= 0.6 is 0 Å². The maximum Gasteiger partial charge on any atom is 0.143 e. The van der Waals surface area contributed by atoms with Crippen molar-refractivity contribution >= 4 is 71.6 Å². The molecule has 0 unspecified atom stereocenters. The van der Waals surface area contributed by atoms with E-state index in [1.807, 2.05) is 6.07 Å². The maximum atomic E-state index is 6.51. The minimum absolute atomic E-state index is 0.895. The second-order valence-electron chi connectivity index (χ2n) is 14.1. The number of nitrogens with zero attached hydrogens (tertiary/aromatic N) is 2. The molecule has 0 amide bonds. The van der Waals surface area contributed by atoms with E-state index >= 15 is 0 Å². The lowest BCUT2D eigenvalue weighted by atomic mass is 10.00. The summed E-state index contributed by atoms with van der Waals surface area (Å²) in [5, 5.41) is 6.94. The molecule has 0 radical (unpaired) electrons. The summed E-state index contributed by atoms with van der Waals surface area (Å²) >= 11 is 0. The summed E-state index contributed by atoms with van der Waals surface area (Å²) in [6.45, 7) is 0. The quantitative estimate of drug-likeness (QED) is 0.172. The van der Waals surface area contributed by atoms with Gasteiger partial charge in [0, 0.05) is 49.4 Å².